The Morgan fingerprint density at radius 2 is 2.19 bits per heavy atom. The fourth-order valence-corrected chi connectivity index (χ4v) is 2.20. The summed E-state index contributed by atoms with van der Waals surface area (Å²) in [4.78, 5) is 12.2. The van der Waals surface area contributed by atoms with E-state index in [1.807, 2.05) is 29.3 Å². The van der Waals surface area contributed by atoms with E-state index in [0.717, 1.165) is 31.0 Å². The lowest BCUT2D eigenvalue weighted by atomic mass is 10.2. The van der Waals surface area contributed by atoms with E-state index in [2.05, 4.69) is 27.5 Å². The zero-order valence-corrected chi connectivity index (χ0v) is 12.8. The predicted molar refractivity (Wildman–Crippen MR) is 79.0 cm³/mol. The molecule has 0 fully saturated rings. The minimum atomic E-state index is -0.0857. The Morgan fingerprint density at radius 1 is 1.38 bits per heavy atom. The maximum Gasteiger partial charge on any atom is 0.254 e. The fourth-order valence-electron chi connectivity index (χ4n) is 2.20. The molecule has 0 aromatic carbocycles. The molecule has 0 aliphatic rings. The molecule has 7 nitrogen and oxygen atoms in total. The highest BCUT2D eigenvalue weighted by Gasteiger charge is 2.13. The van der Waals surface area contributed by atoms with E-state index >= 15 is 0 Å². The van der Waals surface area contributed by atoms with E-state index in [-0.39, 0.29) is 5.91 Å². The molecular formula is C14H22N6O. The smallest absolute Gasteiger partial charge is 0.254 e. The summed E-state index contributed by atoms with van der Waals surface area (Å²) in [6.45, 7) is 8.18. The van der Waals surface area contributed by atoms with Crippen LogP contribution in [-0.4, -0.2) is 37.0 Å². The van der Waals surface area contributed by atoms with Crippen LogP contribution in [0.25, 0.3) is 0 Å². The van der Waals surface area contributed by atoms with Crippen molar-refractivity contribution >= 4 is 5.91 Å². The highest BCUT2D eigenvalue weighted by Crippen LogP contribution is 2.06. The first-order valence-corrected chi connectivity index (χ1v) is 7.34. The van der Waals surface area contributed by atoms with Crippen LogP contribution >= 0.6 is 0 Å². The molecule has 7 heteroatoms. The summed E-state index contributed by atoms with van der Waals surface area (Å²) in [5, 5.41) is 15.2. The van der Waals surface area contributed by atoms with Gasteiger partial charge >= 0.3 is 0 Å². The summed E-state index contributed by atoms with van der Waals surface area (Å²) in [5.41, 5.74) is 1.40. The summed E-state index contributed by atoms with van der Waals surface area (Å²) in [5.74, 6) is 0.800. The van der Waals surface area contributed by atoms with E-state index in [1.54, 1.807) is 6.33 Å². The average molecular weight is 290 g/mol. The molecule has 0 saturated heterocycles. The lowest BCUT2D eigenvalue weighted by molar-refractivity contribution is 0.0953. The van der Waals surface area contributed by atoms with Gasteiger partial charge in [-0.2, -0.15) is 5.10 Å². The number of aryl methyl sites for hydroxylation is 3. The lowest BCUT2D eigenvalue weighted by Crippen LogP contribution is -2.26. The quantitative estimate of drug-likeness (QED) is 0.830. The molecule has 114 valence electrons. The SMILES string of the molecule is CCCn1cc(C(=O)NCCc2nncn2CC)c(C)n1. The number of hydrogen-bond donors (Lipinski definition) is 1. The monoisotopic (exact) mass is 290 g/mol. The third kappa shape index (κ3) is 3.68. The minimum Gasteiger partial charge on any atom is -0.351 e. The topological polar surface area (TPSA) is 77.6 Å². The number of carbonyl (C=O) groups is 1. The number of rotatable bonds is 7. The van der Waals surface area contributed by atoms with Crippen molar-refractivity contribution in [1.29, 1.82) is 0 Å². The molecule has 0 spiro atoms. The van der Waals surface area contributed by atoms with Crippen molar-refractivity contribution in [3.05, 3.63) is 29.6 Å². The van der Waals surface area contributed by atoms with Gasteiger partial charge in [-0.1, -0.05) is 6.92 Å². The number of nitrogens with one attached hydrogen (secondary N) is 1. The van der Waals surface area contributed by atoms with Gasteiger partial charge in [-0.25, -0.2) is 0 Å². The predicted octanol–water partition coefficient (Wildman–Crippen LogP) is 1.19. The van der Waals surface area contributed by atoms with Crippen LogP contribution in [0.4, 0.5) is 0 Å². The first kappa shape index (κ1) is 15.2. The first-order chi connectivity index (χ1) is 10.2. The Balaban J connectivity index is 1.90. The van der Waals surface area contributed by atoms with Crippen LogP contribution in [0.1, 0.15) is 42.1 Å². The van der Waals surface area contributed by atoms with Gasteiger partial charge in [0.05, 0.1) is 11.3 Å². The van der Waals surface area contributed by atoms with Gasteiger partial charge < -0.3 is 9.88 Å². The molecule has 0 saturated carbocycles. The molecule has 0 aliphatic carbocycles. The van der Waals surface area contributed by atoms with Crippen molar-refractivity contribution in [3.8, 4) is 0 Å². The molecule has 1 N–H and O–H groups in total. The fraction of sp³-hybridized carbons (Fsp3) is 0.571. The molecule has 2 rings (SSSR count). The number of hydrogen-bond acceptors (Lipinski definition) is 4. The summed E-state index contributed by atoms with van der Waals surface area (Å²) in [6, 6.07) is 0. The van der Waals surface area contributed by atoms with Gasteiger partial charge in [0.25, 0.3) is 5.91 Å². The van der Waals surface area contributed by atoms with Crippen LogP contribution < -0.4 is 5.32 Å². The van der Waals surface area contributed by atoms with Crippen molar-refractivity contribution in [2.24, 2.45) is 0 Å². The van der Waals surface area contributed by atoms with Crippen molar-refractivity contribution in [1.82, 2.24) is 29.9 Å². The van der Waals surface area contributed by atoms with Crippen LogP contribution in [0.5, 0.6) is 0 Å². The summed E-state index contributed by atoms with van der Waals surface area (Å²) < 4.78 is 3.79. The molecule has 21 heavy (non-hydrogen) atoms. The third-order valence-corrected chi connectivity index (χ3v) is 3.31. The Kier molecular flexibility index (Phi) is 5.08. The summed E-state index contributed by atoms with van der Waals surface area (Å²) in [6.07, 6.45) is 5.18. The van der Waals surface area contributed by atoms with Crippen LogP contribution in [0, 0.1) is 6.92 Å². The van der Waals surface area contributed by atoms with Gasteiger partial charge in [-0.3, -0.25) is 9.48 Å². The van der Waals surface area contributed by atoms with E-state index < -0.39 is 0 Å². The lowest BCUT2D eigenvalue weighted by Gasteiger charge is -2.05. The van der Waals surface area contributed by atoms with E-state index in [4.69, 9.17) is 0 Å². The Bertz CT molecular complexity index is 600. The number of carbonyl (C=O) groups excluding carboxylic acids is 1. The third-order valence-electron chi connectivity index (χ3n) is 3.31. The van der Waals surface area contributed by atoms with Crippen molar-refractivity contribution in [2.75, 3.05) is 6.54 Å². The molecule has 1 amide bonds. The van der Waals surface area contributed by atoms with Gasteiger partial charge in [-0.15, -0.1) is 10.2 Å². The Labute approximate surface area is 124 Å². The van der Waals surface area contributed by atoms with Gasteiger partial charge in [0, 0.05) is 32.3 Å². The molecular weight excluding hydrogens is 268 g/mol. The van der Waals surface area contributed by atoms with Crippen LogP contribution in [0.3, 0.4) is 0 Å². The van der Waals surface area contributed by atoms with E-state index in [9.17, 15) is 4.79 Å². The zero-order valence-electron chi connectivity index (χ0n) is 12.8. The normalized spacial score (nSPS) is 10.8. The molecule has 2 aromatic rings. The molecule has 0 bridgehead atoms. The maximum absolute atomic E-state index is 12.2. The Hall–Kier alpha value is -2.18. The van der Waals surface area contributed by atoms with Crippen LogP contribution in [0.15, 0.2) is 12.5 Å². The van der Waals surface area contributed by atoms with E-state index in [0.29, 0.717) is 18.5 Å². The summed E-state index contributed by atoms with van der Waals surface area (Å²) >= 11 is 0. The second kappa shape index (κ2) is 7.01. The second-order valence-electron chi connectivity index (χ2n) is 4.93. The molecule has 0 aliphatic heterocycles. The average Bonchev–Trinajstić information content (AvgIpc) is 3.05. The van der Waals surface area contributed by atoms with Gasteiger partial charge in [-0.05, 0) is 20.3 Å². The first-order valence-electron chi connectivity index (χ1n) is 7.34. The molecule has 2 aromatic heterocycles. The molecule has 0 radical (unpaired) electrons. The van der Waals surface area contributed by atoms with Crippen molar-refractivity contribution in [2.45, 2.75) is 46.7 Å². The van der Waals surface area contributed by atoms with Gasteiger partial charge in [0.2, 0.25) is 0 Å². The highest BCUT2D eigenvalue weighted by atomic mass is 16.1. The van der Waals surface area contributed by atoms with Gasteiger partial charge in [0.1, 0.15) is 12.2 Å². The number of amides is 1. The molecule has 0 atom stereocenters. The van der Waals surface area contributed by atoms with Crippen molar-refractivity contribution < 1.29 is 4.79 Å². The number of nitrogens with zero attached hydrogens (tertiary/aromatic N) is 5. The van der Waals surface area contributed by atoms with Gasteiger partial charge in [0.15, 0.2) is 0 Å². The van der Waals surface area contributed by atoms with E-state index in [1.165, 1.54) is 0 Å². The van der Waals surface area contributed by atoms with Crippen LogP contribution in [0.2, 0.25) is 0 Å². The number of aromatic nitrogens is 5. The molecule has 2 heterocycles. The molecule has 0 unspecified atom stereocenters. The Morgan fingerprint density at radius 3 is 2.90 bits per heavy atom. The summed E-state index contributed by atoms with van der Waals surface area (Å²) in [7, 11) is 0. The maximum atomic E-state index is 12.2. The second-order valence-corrected chi connectivity index (χ2v) is 4.93. The van der Waals surface area contributed by atoms with Crippen LogP contribution in [-0.2, 0) is 19.5 Å². The zero-order chi connectivity index (χ0) is 15.2. The van der Waals surface area contributed by atoms with Crippen molar-refractivity contribution in [3.63, 3.8) is 0 Å². The highest BCUT2D eigenvalue weighted by molar-refractivity contribution is 5.94. The standard InChI is InChI=1S/C14H22N6O/c1-4-8-20-9-12(11(3)18-20)14(21)15-7-6-13-17-16-10-19(13)5-2/h9-10H,4-8H2,1-3H3,(H,15,21). The largest absolute Gasteiger partial charge is 0.351 e. The minimum absolute atomic E-state index is 0.0857.